The molecule has 0 amide bonds. The van der Waals surface area contributed by atoms with Gasteiger partial charge >= 0.3 is 5.97 Å². The van der Waals surface area contributed by atoms with E-state index in [0.717, 1.165) is 36.5 Å². The first-order chi connectivity index (χ1) is 14.9. The van der Waals surface area contributed by atoms with E-state index < -0.39 is 29.5 Å². The van der Waals surface area contributed by atoms with Gasteiger partial charge in [0.05, 0.1) is 30.4 Å². The van der Waals surface area contributed by atoms with Gasteiger partial charge in [-0.1, -0.05) is 31.6 Å². The lowest BCUT2D eigenvalue weighted by Crippen LogP contribution is -2.18. The Morgan fingerprint density at radius 3 is 2.42 bits per heavy atom. The zero-order valence-corrected chi connectivity index (χ0v) is 17.5. The number of benzene rings is 2. The fraction of sp³-hybridized carbons (Fsp3) is 0.375. The Bertz CT molecular complexity index is 939. The van der Waals surface area contributed by atoms with E-state index in [-0.39, 0.29) is 24.0 Å². The average molecular weight is 434 g/mol. The number of ether oxygens (including phenoxy) is 3. The summed E-state index contributed by atoms with van der Waals surface area (Å²) < 4.78 is 57.0. The van der Waals surface area contributed by atoms with Crippen LogP contribution in [0.1, 0.15) is 61.0 Å². The van der Waals surface area contributed by atoms with E-state index in [0.29, 0.717) is 6.61 Å². The van der Waals surface area contributed by atoms with Crippen LogP contribution in [0.4, 0.5) is 13.2 Å². The summed E-state index contributed by atoms with van der Waals surface area (Å²) in [6, 6.07) is 8.89. The first-order valence-corrected chi connectivity index (χ1v) is 10.3. The lowest BCUT2D eigenvalue weighted by atomic mass is 9.99. The maximum atomic E-state index is 14.5. The van der Waals surface area contributed by atoms with Gasteiger partial charge in [0.1, 0.15) is 5.75 Å². The molecular formula is C24H25F3O4. The Labute approximate surface area is 179 Å². The Morgan fingerprint density at radius 1 is 1.13 bits per heavy atom. The third-order valence-corrected chi connectivity index (χ3v) is 5.03. The Hall–Kier alpha value is -2.80. The lowest BCUT2D eigenvalue weighted by Gasteiger charge is -2.22. The number of carbonyl (C=O) groups is 1. The molecule has 1 aliphatic heterocycles. The summed E-state index contributed by atoms with van der Waals surface area (Å²) in [5.41, 5.74) is 1.20. The molecule has 0 saturated carbocycles. The third kappa shape index (κ3) is 5.47. The highest BCUT2D eigenvalue weighted by Crippen LogP contribution is 2.36. The fourth-order valence-corrected chi connectivity index (χ4v) is 3.43. The Kier molecular flexibility index (Phi) is 7.74. The van der Waals surface area contributed by atoms with E-state index in [1.165, 1.54) is 6.07 Å². The molecule has 1 atom stereocenters. The van der Waals surface area contributed by atoms with Crippen molar-refractivity contribution < 1.29 is 32.2 Å². The molecule has 7 heteroatoms. The van der Waals surface area contributed by atoms with Crippen LogP contribution in [0, 0.1) is 5.82 Å². The summed E-state index contributed by atoms with van der Waals surface area (Å²) in [5.74, 6) is -3.00. The minimum absolute atomic E-state index is 0.103. The number of hydrogen-bond donors (Lipinski definition) is 0. The summed E-state index contributed by atoms with van der Waals surface area (Å²) in [5, 5.41) is 0. The summed E-state index contributed by atoms with van der Waals surface area (Å²) in [6.45, 7) is 4.32. The smallest absolute Gasteiger partial charge is 0.343 e. The van der Waals surface area contributed by atoms with Gasteiger partial charge < -0.3 is 14.2 Å². The van der Waals surface area contributed by atoms with E-state index in [4.69, 9.17) is 14.2 Å². The van der Waals surface area contributed by atoms with Crippen LogP contribution < -0.4 is 9.47 Å². The molecule has 1 heterocycles. The van der Waals surface area contributed by atoms with Gasteiger partial charge in [0.25, 0.3) is 6.43 Å². The monoisotopic (exact) mass is 434 g/mol. The molecule has 0 saturated heterocycles. The van der Waals surface area contributed by atoms with E-state index in [9.17, 15) is 18.0 Å². The molecule has 0 radical (unpaired) electrons. The second kappa shape index (κ2) is 10.5. The maximum absolute atomic E-state index is 14.5. The van der Waals surface area contributed by atoms with Gasteiger partial charge in [-0.2, -0.15) is 0 Å². The minimum atomic E-state index is -3.11. The van der Waals surface area contributed by atoms with Gasteiger partial charge in [0, 0.05) is 0 Å². The molecule has 2 aromatic carbocycles. The van der Waals surface area contributed by atoms with Gasteiger partial charge in [0.2, 0.25) is 0 Å². The largest absolute Gasteiger partial charge is 0.493 e. The highest BCUT2D eigenvalue weighted by Gasteiger charge is 2.25. The zero-order valence-electron chi connectivity index (χ0n) is 17.5. The van der Waals surface area contributed by atoms with Crippen molar-refractivity contribution in [1.29, 1.82) is 0 Å². The molecule has 4 nitrogen and oxygen atoms in total. The lowest BCUT2D eigenvalue weighted by molar-refractivity contribution is 0.0661. The molecule has 3 rings (SSSR count). The predicted molar refractivity (Wildman–Crippen MR) is 111 cm³/mol. The molecule has 0 spiro atoms. The average Bonchev–Trinajstić information content (AvgIpc) is 2.76. The molecule has 0 N–H and O–H groups in total. The minimum Gasteiger partial charge on any atom is -0.493 e. The van der Waals surface area contributed by atoms with Crippen molar-refractivity contribution in [1.82, 2.24) is 0 Å². The highest BCUT2D eigenvalue weighted by atomic mass is 19.3. The Balaban J connectivity index is 1.72. The zero-order chi connectivity index (χ0) is 22.4. The number of alkyl halides is 2. The predicted octanol–water partition coefficient (Wildman–Crippen LogP) is 6.35. The van der Waals surface area contributed by atoms with Gasteiger partial charge in [-0.05, 0) is 55.2 Å². The quantitative estimate of drug-likeness (QED) is 0.359. The number of esters is 1. The second-order valence-electron chi connectivity index (χ2n) is 7.18. The van der Waals surface area contributed by atoms with Crippen LogP contribution in [0.25, 0.3) is 5.57 Å². The fourth-order valence-electron chi connectivity index (χ4n) is 3.43. The number of carbonyl (C=O) groups excluding carboxylic acids is 1. The summed E-state index contributed by atoms with van der Waals surface area (Å²) >= 11 is 0. The maximum Gasteiger partial charge on any atom is 0.343 e. The third-order valence-electron chi connectivity index (χ3n) is 5.03. The number of rotatable bonds is 8. The normalized spacial score (nSPS) is 16.2. The van der Waals surface area contributed by atoms with E-state index in [1.54, 1.807) is 31.2 Å². The molecule has 0 fully saturated rings. The Morgan fingerprint density at radius 2 is 1.84 bits per heavy atom. The molecule has 0 bridgehead atoms. The molecule has 1 unspecified atom stereocenters. The van der Waals surface area contributed by atoms with E-state index in [1.807, 2.05) is 0 Å². The summed E-state index contributed by atoms with van der Waals surface area (Å²) in [7, 11) is 0. The van der Waals surface area contributed by atoms with Crippen molar-refractivity contribution in [2.45, 2.75) is 45.6 Å². The number of halogens is 3. The summed E-state index contributed by atoms with van der Waals surface area (Å²) in [6.07, 6.45) is 2.20. The molecule has 0 aliphatic carbocycles. The van der Waals surface area contributed by atoms with Crippen LogP contribution in [0.15, 0.2) is 42.5 Å². The molecule has 31 heavy (non-hydrogen) atoms. The summed E-state index contributed by atoms with van der Waals surface area (Å²) in [4.78, 5) is 12.4. The van der Waals surface area contributed by atoms with Crippen LogP contribution in [0.3, 0.4) is 0 Å². The van der Waals surface area contributed by atoms with Gasteiger partial charge in [0.15, 0.2) is 11.6 Å². The molecule has 0 aromatic heterocycles. The van der Waals surface area contributed by atoms with E-state index in [2.05, 4.69) is 13.0 Å². The van der Waals surface area contributed by atoms with Gasteiger partial charge in [-0.25, -0.2) is 18.0 Å². The molecule has 166 valence electrons. The standard InChI is InChI=1S/C24H25F3O4/c1-3-5-18-11-10-17(14-30-18)15-6-8-16(9-7-15)24(28)31-20-13-12-19(29-4-2)21(22(20)25)23(26)27/h6-10,12-13,18,23H,3-5,11,14H2,1-2H3. The highest BCUT2D eigenvalue weighted by molar-refractivity contribution is 5.91. The second-order valence-corrected chi connectivity index (χ2v) is 7.18. The molecule has 2 aromatic rings. The first kappa shape index (κ1) is 22.9. The van der Waals surface area contributed by atoms with Crippen molar-refractivity contribution in [2.75, 3.05) is 13.2 Å². The van der Waals surface area contributed by atoms with Crippen LogP contribution in [-0.2, 0) is 4.74 Å². The van der Waals surface area contributed by atoms with Crippen molar-refractivity contribution in [3.63, 3.8) is 0 Å². The van der Waals surface area contributed by atoms with Crippen molar-refractivity contribution in [3.8, 4) is 11.5 Å². The SMILES string of the molecule is CCCC1CC=C(c2ccc(C(=O)Oc3ccc(OCC)c(C(F)F)c3F)cc2)CO1. The topological polar surface area (TPSA) is 44.8 Å². The van der Waals surface area contributed by atoms with Crippen molar-refractivity contribution >= 4 is 11.5 Å². The first-order valence-electron chi connectivity index (χ1n) is 10.3. The van der Waals surface area contributed by atoms with E-state index >= 15 is 0 Å². The molecular weight excluding hydrogens is 409 g/mol. The van der Waals surface area contributed by atoms with Crippen molar-refractivity contribution in [2.24, 2.45) is 0 Å². The van der Waals surface area contributed by atoms with Crippen LogP contribution in [0.2, 0.25) is 0 Å². The van der Waals surface area contributed by atoms with Crippen molar-refractivity contribution in [3.05, 3.63) is 65.0 Å². The van der Waals surface area contributed by atoms with Crippen LogP contribution >= 0.6 is 0 Å². The molecule has 1 aliphatic rings. The van der Waals surface area contributed by atoms with Crippen LogP contribution in [-0.4, -0.2) is 25.3 Å². The van der Waals surface area contributed by atoms with Gasteiger partial charge in [-0.15, -0.1) is 0 Å². The van der Waals surface area contributed by atoms with Crippen LogP contribution in [0.5, 0.6) is 11.5 Å². The number of hydrogen-bond acceptors (Lipinski definition) is 4. The van der Waals surface area contributed by atoms with Gasteiger partial charge in [-0.3, -0.25) is 0 Å².